The van der Waals surface area contributed by atoms with Crippen LogP contribution in [0.25, 0.3) is 0 Å². The number of para-hydroxylation sites is 3. The van der Waals surface area contributed by atoms with Crippen molar-refractivity contribution in [1.82, 2.24) is 0 Å². The molecule has 0 aromatic heterocycles. The molecule has 6 nitrogen and oxygen atoms in total. The van der Waals surface area contributed by atoms with Gasteiger partial charge in [-0.2, -0.15) is 0 Å². The maximum Gasteiger partial charge on any atom is 0.524 e. The molecule has 2 N–H and O–H groups in total. The van der Waals surface area contributed by atoms with E-state index in [1.54, 1.807) is 48.5 Å². The summed E-state index contributed by atoms with van der Waals surface area (Å²) in [4.78, 5) is 18.3. The molecule has 0 aliphatic heterocycles. The molecule has 0 heterocycles. The summed E-state index contributed by atoms with van der Waals surface area (Å²) < 4.78 is 27.5. The van der Waals surface area contributed by atoms with E-state index in [0.29, 0.717) is 11.5 Å². The first-order chi connectivity index (χ1) is 12.0. The van der Waals surface area contributed by atoms with Crippen molar-refractivity contribution in [1.29, 1.82) is 0 Å². The van der Waals surface area contributed by atoms with E-state index < -0.39 is 7.82 Å². The molecule has 0 atom stereocenters. The Balaban J connectivity index is 2.01. The summed E-state index contributed by atoms with van der Waals surface area (Å²) in [5.41, 5.74) is 0. The fraction of sp³-hybridized carbons (Fsp3) is 0. The van der Waals surface area contributed by atoms with Crippen LogP contribution < -0.4 is 14.0 Å². The van der Waals surface area contributed by atoms with E-state index in [1.807, 2.05) is 24.3 Å². The van der Waals surface area contributed by atoms with Crippen LogP contribution in [0.5, 0.6) is 28.7 Å². The van der Waals surface area contributed by atoms with Crippen molar-refractivity contribution < 1.29 is 28.3 Å². The Hall–Kier alpha value is -2.79. The number of phosphoric ester groups is 1. The summed E-state index contributed by atoms with van der Waals surface area (Å²) in [6.07, 6.45) is 0. The van der Waals surface area contributed by atoms with Crippen molar-refractivity contribution in [2.75, 3.05) is 0 Å². The molecule has 0 aliphatic rings. The Labute approximate surface area is 144 Å². The van der Waals surface area contributed by atoms with E-state index in [0.717, 1.165) is 0 Å². The lowest BCUT2D eigenvalue weighted by atomic mass is 10.2. The molecule has 0 radical (unpaired) electrons. The average molecular weight is 358 g/mol. The molecule has 3 aromatic rings. The lowest BCUT2D eigenvalue weighted by Crippen LogP contribution is -1.96. The van der Waals surface area contributed by atoms with Gasteiger partial charge in [-0.25, -0.2) is 4.57 Å². The SMILES string of the molecule is O=P(O)(O)Oc1cccc(Oc2ccccc2)c1Oc1ccccc1. The first kappa shape index (κ1) is 17.0. The number of hydrogen-bond acceptors (Lipinski definition) is 4. The quantitative estimate of drug-likeness (QED) is 0.619. The predicted octanol–water partition coefficient (Wildman–Crippen LogP) is 4.74. The minimum absolute atomic E-state index is 0.0703. The summed E-state index contributed by atoms with van der Waals surface area (Å²) in [6, 6.07) is 22.3. The highest BCUT2D eigenvalue weighted by molar-refractivity contribution is 7.46. The first-order valence-electron chi connectivity index (χ1n) is 7.35. The normalized spacial score (nSPS) is 11.0. The molecule has 0 amide bonds. The van der Waals surface area contributed by atoms with Gasteiger partial charge >= 0.3 is 7.82 Å². The van der Waals surface area contributed by atoms with Gasteiger partial charge in [0.2, 0.25) is 5.75 Å². The summed E-state index contributed by atoms with van der Waals surface area (Å²) >= 11 is 0. The zero-order valence-electron chi connectivity index (χ0n) is 13.0. The fourth-order valence-corrected chi connectivity index (χ4v) is 2.50. The molecule has 0 fully saturated rings. The van der Waals surface area contributed by atoms with Gasteiger partial charge in [-0.1, -0.05) is 42.5 Å². The van der Waals surface area contributed by atoms with Gasteiger partial charge in [0.05, 0.1) is 0 Å². The Morgan fingerprint density at radius 3 is 1.72 bits per heavy atom. The van der Waals surface area contributed by atoms with Crippen LogP contribution in [0.15, 0.2) is 78.9 Å². The fourth-order valence-electron chi connectivity index (χ4n) is 2.10. The van der Waals surface area contributed by atoms with Crippen LogP contribution >= 0.6 is 7.82 Å². The molecule has 25 heavy (non-hydrogen) atoms. The number of phosphoric acid groups is 1. The van der Waals surface area contributed by atoms with Crippen LogP contribution in [0, 0.1) is 0 Å². The molecule has 3 rings (SSSR count). The topological polar surface area (TPSA) is 85.2 Å². The minimum Gasteiger partial charge on any atom is -0.453 e. The van der Waals surface area contributed by atoms with Gasteiger partial charge in [-0.3, -0.25) is 9.79 Å². The summed E-state index contributed by atoms with van der Waals surface area (Å²) in [7, 11) is -4.76. The molecular formula is C18H15O6P. The molecule has 3 aromatic carbocycles. The zero-order chi connectivity index (χ0) is 17.7. The second-order valence-corrected chi connectivity index (χ2v) is 6.16. The highest BCUT2D eigenvalue weighted by Crippen LogP contribution is 2.48. The lowest BCUT2D eigenvalue weighted by Gasteiger charge is -2.16. The van der Waals surface area contributed by atoms with Gasteiger partial charge in [-0.05, 0) is 36.4 Å². The van der Waals surface area contributed by atoms with E-state index in [4.69, 9.17) is 23.8 Å². The van der Waals surface area contributed by atoms with E-state index in [1.165, 1.54) is 6.07 Å². The van der Waals surface area contributed by atoms with Crippen molar-refractivity contribution in [3.05, 3.63) is 78.9 Å². The Morgan fingerprint density at radius 2 is 1.16 bits per heavy atom. The van der Waals surface area contributed by atoms with E-state index in [-0.39, 0.29) is 17.2 Å². The maximum atomic E-state index is 11.3. The van der Waals surface area contributed by atoms with Crippen molar-refractivity contribution >= 4 is 7.82 Å². The molecule has 0 unspecified atom stereocenters. The Bertz CT molecular complexity index is 877. The molecule has 7 heteroatoms. The lowest BCUT2D eigenvalue weighted by molar-refractivity contribution is 0.277. The van der Waals surface area contributed by atoms with Crippen LogP contribution in [-0.2, 0) is 4.57 Å². The highest BCUT2D eigenvalue weighted by Gasteiger charge is 2.22. The Morgan fingerprint density at radius 1 is 0.640 bits per heavy atom. The average Bonchev–Trinajstić information content (AvgIpc) is 2.58. The van der Waals surface area contributed by atoms with Crippen molar-refractivity contribution in [3.63, 3.8) is 0 Å². The molecule has 128 valence electrons. The molecule has 0 aliphatic carbocycles. The van der Waals surface area contributed by atoms with Gasteiger partial charge in [0.15, 0.2) is 11.5 Å². The van der Waals surface area contributed by atoms with Gasteiger partial charge in [0, 0.05) is 0 Å². The monoisotopic (exact) mass is 358 g/mol. The molecule has 0 saturated carbocycles. The van der Waals surface area contributed by atoms with Gasteiger partial charge < -0.3 is 14.0 Å². The second-order valence-electron chi connectivity index (χ2n) is 5.00. The molecule has 0 bridgehead atoms. The van der Waals surface area contributed by atoms with E-state index in [9.17, 15) is 4.57 Å². The smallest absolute Gasteiger partial charge is 0.453 e. The number of benzene rings is 3. The largest absolute Gasteiger partial charge is 0.524 e. The third-order valence-electron chi connectivity index (χ3n) is 3.09. The standard InChI is InChI=1S/C18H15O6P/c19-25(20,21)24-17-13-7-12-16(22-14-8-3-1-4-9-14)18(17)23-15-10-5-2-6-11-15/h1-13H,(H2,19,20,21). The summed E-state index contributed by atoms with van der Waals surface area (Å²) in [5, 5.41) is 0. The van der Waals surface area contributed by atoms with E-state index in [2.05, 4.69) is 0 Å². The first-order valence-corrected chi connectivity index (χ1v) is 8.88. The van der Waals surface area contributed by atoms with Crippen LogP contribution in [0.3, 0.4) is 0 Å². The Kier molecular flexibility index (Phi) is 5.05. The van der Waals surface area contributed by atoms with Crippen LogP contribution in [0.4, 0.5) is 0 Å². The molecular weight excluding hydrogens is 343 g/mol. The third kappa shape index (κ3) is 4.84. The van der Waals surface area contributed by atoms with Gasteiger partial charge in [0.25, 0.3) is 0 Å². The van der Waals surface area contributed by atoms with E-state index >= 15 is 0 Å². The summed E-state index contributed by atoms with van der Waals surface area (Å²) in [6.45, 7) is 0. The van der Waals surface area contributed by atoms with Gasteiger partial charge in [-0.15, -0.1) is 0 Å². The zero-order valence-corrected chi connectivity index (χ0v) is 13.9. The third-order valence-corrected chi connectivity index (χ3v) is 3.53. The van der Waals surface area contributed by atoms with Gasteiger partial charge in [0.1, 0.15) is 11.5 Å². The number of hydrogen-bond donors (Lipinski definition) is 2. The van der Waals surface area contributed by atoms with Crippen molar-refractivity contribution in [3.8, 4) is 28.7 Å². The number of ether oxygens (including phenoxy) is 2. The minimum atomic E-state index is -4.76. The summed E-state index contributed by atoms with van der Waals surface area (Å²) in [5.74, 6) is 1.24. The molecule has 0 spiro atoms. The van der Waals surface area contributed by atoms with Crippen LogP contribution in [0.1, 0.15) is 0 Å². The van der Waals surface area contributed by atoms with Crippen molar-refractivity contribution in [2.24, 2.45) is 0 Å². The van der Waals surface area contributed by atoms with Crippen molar-refractivity contribution in [2.45, 2.75) is 0 Å². The van der Waals surface area contributed by atoms with Crippen LogP contribution in [0.2, 0.25) is 0 Å². The van der Waals surface area contributed by atoms with Crippen LogP contribution in [-0.4, -0.2) is 9.79 Å². The predicted molar refractivity (Wildman–Crippen MR) is 92.1 cm³/mol. The number of rotatable bonds is 6. The highest BCUT2D eigenvalue weighted by atomic mass is 31.2. The molecule has 0 saturated heterocycles. The second kappa shape index (κ2) is 7.40. The maximum absolute atomic E-state index is 11.3.